The Morgan fingerprint density at radius 3 is 1.11 bits per heavy atom. The Kier molecular flexibility index (Phi) is 62.9. The predicted molar refractivity (Wildman–Crippen MR) is 367 cm³/mol. The lowest BCUT2D eigenvalue weighted by atomic mass is 10.0. The van der Waals surface area contributed by atoms with Crippen molar-refractivity contribution in [3.8, 4) is 0 Å². The Morgan fingerprint density at radius 1 is 0.412 bits per heavy atom. The number of ether oxygens (including phenoxy) is 1. The quantitative estimate of drug-likeness (QED) is 0.0212. The monoisotopic (exact) mass is 1210 g/mol. The molecular formula is C75H141N2O7P. The molecular weight excluding hydrogens is 1070 g/mol. The Hall–Kier alpha value is -2.29. The van der Waals surface area contributed by atoms with Crippen LogP contribution in [0.15, 0.2) is 60.8 Å². The van der Waals surface area contributed by atoms with Crippen LogP contribution in [0.3, 0.4) is 0 Å². The highest BCUT2D eigenvalue weighted by Gasteiger charge is 2.27. The number of esters is 1. The summed E-state index contributed by atoms with van der Waals surface area (Å²) in [4.78, 5) is 40.2. The van der Waals surface area contributed by atoms with Crippen molar-refractivity contribution in [1.29, 1.82) is 0 Å². The van der Waals surface area contributed by atoms with E-state index in [1.807, 2.05) is 33.3 Å². The van der Waals surface area contributed by atoms with E-state index in [-0.39, 0.29) is 31.5 Å². The molecule has 0 aromatic carbocycles. The van der Waals surface area contributed by atoms with E-state index in [0.29, 0.717) is 17.4 Å². The van der Waals surface area contributed by atoms with Gasteiger partial charge in [-0.2, -0.15) is 0 Å². The van der Waals surface area contributed by atoms with Crippen molar-refractivity contribution in [2.75, 3.05) is 40.9 Å². The molecule has 0 aliphatic rings. The Labute approximate surface area is 528 Å². The van der Waals surface area contributed by atoms with Crippen LogP contribution in [-0.4, -0.2) is 69.4 Å². The van der Waals surface area contributed by atoms with Gasteiger partial charge in [0.1, 0.15) is 19.3 Å². The van der Waals surface area contributed by atoms with Crippen LogP contribution < -0.4 is 10.2 Å². The summed E-state index contributed by atoms with van der Waals surface area (Å²) < 4.78 is 30.5. The fraction of sp³-hybridized carbons (Fsp3) is 0.840. The third-order valence-corrected chi connectivity index (χ3v) is 17.4. The van der Waals surface area contributed by atoms with Crippen LogP contribution in [-0.2, 0) is 27.9 Å². The summed E-state index contributed by atoms with van der Waals surface area (Å²) in [5.41, 5.74) is 0. The number of phosphoric acid groups is 1. The first-order chi connectivity index (χ1) is 41.4. The van der Waals surface area contributed by atoms with E-state index < -0.39 is 20.0 Å². The zero-order valence-corrected chi connectivity index (χ0v) is 58.0. The third kappa shape index (κ3) is 66.0. The second-order valence-electron chi connectivity index (χ2n) is 26.1. The Morgan fingerprint density at radius 2 is 0.718 bits per heavy atom. The number of likely N-dealkylation sites (N-methyl/N-ethyl adjacent to an activating group) is 1. The average molecular weight is 1210 g/mol. The number of rotatable bonds is 67. The van der Waals surface area contributed by atoms with Gasteiger partial charge in [0, 0.05) is 12.8 Å². The number of phosphoric ester groups is 1. The standard InChI is InChI=1S/C75H141N2O7P/c1-7-10-13-16-19-22-25-28-30-32-34-35-36-37-38-39-40-41-43-45-47-50-53-56-59-62-65-68-75(79)84-73(66-63-60-57-54-51-48-27-24-21-18-15-12-9-3)72(71-83-85(80,81)82-70-69-77(4,5)6)76-74(78)67-64-61-58-55-52-49-46-44-42-33-31-29-26-23-20-17-14-11-8-2/h19,22,28-31,34-35,63,66,72-73H,7-18,20-21,23-27,32-33,36-62,64-65,67-71H2,1-6H3,(H-,76,78,80,81)/b22-19-,30-28-,31-29+,35-34-,66-63-. The zero-order chi connectivity index (χ0) is 62.1. The maximum absolute atomic E-state index is 13.6. The van der Waals surface area contributed by atoms with Crippen molar-refractivity contribution in [2.45, 2.75) is 367 Å². The summed E-state index contributed by atoms with van der Waals surface area (Å²) in [7, 11) is 1.19. The van der Waals surface area contributed by atoms with Gasteiger partial charge in [-0.1, -0.05) is 307 Å². The highest BCUT2D eigenvalue weighted by Crippen LogP contribution is 2.38. The third-order valence-electron chi connectivity index (χ3n) is 16.4. The Balaban J connectivity index is 5.04. The van der Waals surface area contributed by atoms with E-state index in [2.05, 4.69) is 74.7 Å². The van der Waals surface area contributed by atoms with E-state index >= 15 is 0 Å². The van der Waals surface area contributed by atoms with Gasteiger partial charge in [-0.15, -0.1) is 0 Å². The zero-order valence-electron chi connectivity index (χ0n) is 57.1. The number of carbonyl (C=O) groups excluding carboxylic acids is 2. The molecule has 498 valence electrons. The van der Waals surface area contributed by atoms with Crippen molar-refractivity contribution in [1.82, 2.24) is 5.32 Å². The molecule has 0 radical (unpaired) electrons. The van der Waals surface area contributed by atoms with Gasteiger partial charge in [0.05, 0.1) is 33.8 Å². The molecule has 1 amide bonds. The first-order valence-corrected chi connectivity index (χ1v) is 38.1. The fourth-order valence-corrected chi connectivity index (χ4v) is 11.5. The van der Waals surface area contributed by atoms with E-state index in [0.717, 1.165) is 70.6 Å². The number of nitrogens with zero attached hydrogens (tertiary/aromatic N) is 1. The van der Waals surface area contributed by atoms with Gasteiger partial charge >= 0.3 is 5.97 Å². The summed E-state index contributed by atoms with van der Waals surface area (Å²) >= 11 is 0. The molecule has 0 heterocycles. The van der Waals surface area contributed by atoms with Gasteiger partial charge in [0.2, 0.25) is 5.91 Å². The second kappa shape index (κ2) is 64.7. The molecule has 85 heavy (non-hydrogen) atoms. The number of unbranched alkanes of at least 4 members (excludes halogenated alkanes) is 43. The number of carbonyl (C=O) groups is 2. The maximum Gasteiger partial charge on any atom is 0.306 e. The molecule has 1 N–H and O–H groups in total. The average Bonchev–Trinajstić information content (AvgIpc) is 3.50. The van der Waals surface area contributed by atoms with E-state index in [1.165, 1.54) is 250 Å². The molecule has 0 aliphatic heterocycles. The normalized spacial score (nSPS) is 13.8. The molecule has 0 aliphatic carbocycles. The number of nitrogens with one attached hydrogen (secondary N) is 1. The molecule has 9 nitrogen and oxygen atoms in total. The number of allylic oxidation sites excluding steroid dienone is 9. The summed E-state index contributed by atoms with van der Waals surface area (Å²) in [5, 5.41) is 3.05. The minimum atomic E-state index is -4.71. The van der Waals surface area contributed by atoms with Crippen LogP contribution in [0.4, 0.5) is 0 Å². The Bertz CT molecular complexity index is 1640. The van der Waals surface area contributed by atoms with Gasteiger partial charge in [0.15, 0.2) is 0 Å². The maximum atomic E-state index is 13.6. The SMILES string of the molecule is CCCCC/C=C\C/C=C\C/C=C\CCCCCCCCCCCCCCCCC(=O)OC(/C=C\CCCCCCCCCCCCC)C(COP(=O)([O-])OCC[N+](C)(C)C)NC(=O)CCCCCCCCCCC/C=C/CCCCCCCC. The van der Waals surface area contributed by atoms with E-state index in [9.17, 15) is 19.0 Å². The molecule has 0 fully saturated rings. The lowest BCUT2D eigenvalue weighted by Crippen LogP contribution is -2.47. The summed E-state index contributed by atoms with van der Waals surface area (Å²) in [5.74, 6) is -0.530. The van der Waals surface area contributed by atoms with Gasteiger partial charge < -0.3 is 28.5 Å². The van der Waals surface area contributed by atoms with Crippen molar-refractivity contribution in [3.63, 3.8) is 0 Å². The largest absolute Gasteiger partial charge is 0.756 e. The first kappa shape index (κ1) is 82.7. The van der Waals surface area contributed by atoms with Crippen LogP contribution in [0.5, 0.6) is 0 Å². The number of hydrogen-bond acceptors (Lipinski definition) is 7. The second-order valence-corrected chi connectivity index (χ2v) is 27.5. The lowest BCUT2D eigenvalue weighted by Gasteiger charge is -2.30. The summed E-state index contributed by atoms with van der Waals surface area (Å²) in [6.45, 7) is 6.86. The number of quaternary nitrogens is 1. The van der Waals surface area contributed by atoms with Gasteiger partial charge in [-0.25, -0.2) is 0 Å². The van der Waals surface area contributed by atoms with Crippen LogP contribution in [0.2, 0.25) is 0 Å². The van der Waals surface area contributed by atoms with Crippen molar-refractivity contribution in [3.05, 3.63) is 60.8 Å². The minimum Gasteiger partial charge on any atom is -0.756 e. The minimum absolute atomic E-state index is 0.0221. The van der Waals surface area contributed by atoms with Crippen molar-refractivity contribution in [2.24, 2.45) is 0 Å². The predicted octanol–water partition coefficient (Wildman–Crippen LogP) is 22.7. The van der Waals surface area contributed by atoms with Gasteiger partial charge in [-0.05, 0) is 96.0 Å². The molecule has 0 rings (SSSR count). The molecule has 0 saturated heterocycles. The molecule has 3 atom stereocenters. The first-order valence-electron chi connectivity index (χ1n) is 36.6. The highest BCUT2D eigenvalue weighted by molar-refractivity contribution is 7.45. The van der Waals surface area contributed by atoms with Crippen LogP contribution in [0.1, 0.15) is 355 Å². The molecule has 0 aromatic rings. The summed E-state index contributed by atoms with van der Waals surface area (Å²) in [6, 6.07) is -0.890. The van der Waals surface area contributed by atoms with Crippen LogP contribution in [0.25, 0.3) is 0 Å². The fourth-order valence-electron chi connectivity index (χ4n) is 10.8. The summed E-state index contributed by atoms with van der Waals surface area (Å²) in [6.07, 6.45) is 83.4. The molecule has 0 spiro atoms. The van der Waals surface area contributed by atoms with Crippen molar-refractivity contribution >= 4 is 19.7 Å². The van der Waals surface area contributed by atoms with Gasteiger partial charge in [0.25, 0.3) is 7.82 Å². The van der Waals surface area contributed by atoms with E-state index in [1.54, 1.807) is 0 Å². The van der Waals surface area contributed by atoms with Crippen molar-refractivity contribution < 1.29 is 37.3 Å². The van der Waals surface area contributed by atoms with E-state index in [4.69, 9.17) is 13.8 Å². The molecule has 10 heteroatoms. The molecule has 0 aromatic heterocycles. The van der Waals surface area contributed by atoms with Crippen LogP contribution in [0, 0.1) is 0 Å². The number of hydrogen-bond donors (Lipinski definition) is 1. The van der Waals surface area contributed by atoms with Crippen LogP contribution >= 0.6 is 7.82 Å². The molecule has 3 unspecified atom stereocenters. The number of amides is 1. The molecule has 0 bridgehead atoms. The smallest absolute Gasteiger partial charge is 0.306 e. The van der Waals surface area contributed by atoms with Gasteiger partial charge in [-0.3, -0.25) is 14.2 Å². The highest BCUT2D eigenvalue weighted by atomic mass is 31.2. The molecule has 0 saturated carbocycles. The topological polar surface area (TPSA) is 114 Å². The lowest BCUT2D eigenvalue weighted by molar-refractivity contribution is -0.870.